The molecule has 1 unspecified atom stereocenters. The van der Waals surface area contributed by atoms with Gasteiger partial charge in [-0.1, -0.05) is 44.2 Å². The maximum absolute atomic E-state index is 5.36. The highest BCUT2D eigenvalue weighted by Crippen LogP contribution is 2.21. The van der Waals surface area contributed by atoms with E-state index >= 15 is 0 Å². The minimum Gasteiger partial charge on any atom is -0.332 e. The maximum Gasteiger partial charge on any atom is 0.175 e. The van der Waals surface area contributed by atoms with E-state index in [-0.39, 0.29) is 0 Å². The van der Waals surface area contributed by atoms with Gasteiger partial charge >= 0.3 is 0 Å². The molecule has 0 saturated heterocycles. The van der Waals surface area contributed by atoms with Gasteiger partial charge in [-0.05, 0) is 60.8 Å². The quantitative estimate of drug-likeness (QED) is 0.747. The molecule has 2 nitrogen and oxygen atoms in total. The SMILES string of the molecule is CCC(C)c1ccc(NC(=S)Nc2ccccc2C)cc1. The molecule has 0 bridgehead atoms. The van der Waals surface area contributed by atoms with Crippen LogP contribution in [-0.2, 0) is 0 Å². The first-order valence-electron chi connectivity index (χ1n) is 7.33. The van der Waals surface area contributed by atoms with Crippen molar-refractivity contribution in [3.63, 3.8) is 0 Å². The molecule has 3 heteroatoms. The lowest BCUT2D eigenvalue weighted by Gasteiger charge is -2.14. The van der Waals surface area contributed by atoms with Crippen LogP contribution in [-0.4, -0.2) is 5.11 Å². The molecule has 0 radical (unpaired) electrons. The molecule has 0 aromatic heterocycles. The second-order valence-corrected chi connectivity index (χ2v) is 5.73. The van der Waals surface area contributed by atoms with E-state index in [0.29, 0.717) is 11.0 Å². The van der Waals surface area contributed by atoms with Gasteiger partial charge < -0.3 is 10.6 Å². The number of benzene rings is 2. The fraction of sp³-hybridized carbons (Fsp3) is 0.278. The molecule has 0 aliphatic carbocycles. The van der Waals surface area contributed by atoms with Crippen LogP contribution < -0.4 is 10.6 Å². The van der Waals surface area contributed by atoms with Crippen molar-refractivity contribution < 1.29 is 0 Å². The highest BCUT2D eigenvalue weighted by atomic mass is 32.1. The normalized spacial score (nSPS) is 11.8. The molecule has 0 spiro atoms. The molecule has 2 rings (SSSR count). The number of para-hydroxylation sites is 1. The van der Waals surface area contributed by atoms with Crippen LogP contribution >= 0.6 is 12.2 Å². The Labute approximate surface area is 132 Å². The van der Waals surface area contributed by atoms with E-state index < -0.39 is 0 Å². The van der Waals surface area contributed by atoms with Gasteiger partial charge in [0, 0.05) is 11.4 Å². The van der Waals surface area contributed by atoms with E-state index in [2.05, 4.69) is 61.7 Å². The van der Waals surface area contributed by atoms with Gasteiger partial charge in [0.2, 0.25) is 0 Å². The summed E-state index contributed by atoms with van der Waals surface area (Å²) in [5.41, 5.74) is 4.58. The van der Waals surface area contributed by atoms with Gasteiger partial charge in [0.1, 0.15) is 0 Å². The lowest BCUT2D eigenvalue weighted by atomic mass is 9.99. The molecule has 2 N–H and O–H groups in total. The fourth-order valence-electron chi connectivity index (χ4n) is 2.13. The molecule has 0 aliphatic heterocycles. The van der Waals surface area contributed by atoms with Crippen molar-refractivity contribution in [1.82, 2.24) is 0 Å². The fourth-order valence-corrected chi connectivity index (χ4v) is 2.36. The van der Waals surface area contributed by atoms with Crippen molar-refractivity contribution in [2.45, 2.75) is 33.1 Å². The van der Waals surface area contributed by atoms with Gasteiger partial charge in [-0.2, -0.15) is 0 Å². The Balaban J connectivity index is 1.98. The van der Waals surface area contributed by atoms with E-state index in [1.165, 1.54) is 11.1 Å². The zero-order chi connectivity index (χ0) is 15.2. The number of rotatable bonds is 4. The average molecular weight is 298 g/mol. The van der Waals surface area contributed by atoms with E-state index in [0.717, 1.165) is 17.8 Å². The topological polar surface area (TPSA) is 24.1 Å². The standard InChI is InChI=1S/C18H22N2S/c1-4-13(2)15-9-11-16(12-10-15)19-18(21)20-17-8-6-5-7-14(17)3/h5-13H,4H2,1-3H3,(H2,19,20,21). The number of hydrogen-bond acceptors (Lipinski definition) is 1. The molecule has 2 aromatic rings. The molecular weight excluding hydrogens is 276 g/mol. The molecule has 0 saturated carbocycles. The molecule has 0 amide bonds. The van der Waals surface area contributed by atoms with Gasteiger partial charge in [-0.3, -0.25) is 0 Å². The summed E-state index contributed by atoms with van der Waals surface area (Å²) in [5.74, 6) is 0.594. The van der Waals surface area contributed by atoms with Crippen LogP contribution in [0.4, 0.5) is 11.4 Å². The number of thiocarbonyl (C=S) groups is 1. The Morgan fingerprint density at radius 2 is 1.71 bits per heavy atom. The molecule has 2 aromatic carbocycles. The van der Waals surface area contributed by atoms with Crippen molar-refractivity contribution in [2.75, 3.05) is 10.6 Å². The summed E-state index contributed by atoms with van der Waals surface area (Å²) in [6.45, 7) is 6.51. The molecular formula is C18H22N2S. The third-order valence-electron chi connectivity index (χ3n) is 3.74. The second-order valence-electron chi connectivity index (χ2n) is 5.33. The predicted octanol–water partition coefficient (Wildman–Crippen LogP) is 5.32. The van der Waals surface area contributed by atoms with Crippen molar-refractivity contribution in [1.29, 1.82) is 0 Å². The summed E-state index contributed by atoms with van der Waals surface area (Å²) in [5, 5.41) is 7.06. The van der Waals surface area contributed by atoms with Gasteiger partial charge in [-0.25, -0.2) is 0 Å². The van der Waals surface area contributed by atoms with Gasteiger partial charge in [0.05, 0.1) is 0 Å². The molecule has 110 valence electrons. The third-order valence-corrected chi connectivity index (χ3v) is 3.95. The molecule has 0 aliphatic rings. The monoisotopic (exact) mass is 298 g/mol. The summed E-state index contributed by atoms with van der Waals surface area (Å²) in [6.07, 6.45) is 1.15. The highest BCUT2D eigenvalue weighted by Gasteiger charge is 2.04. The van der Waals surface area contributed by atoms with E-state index in [9.17, 15) is 0 Å². The zero-order valence-electron chi connectivity index (χ0n) is 12.8. The Kier molecular flexibility index (Phi) is 5.34. The van der Waals surface area contributed by atoms with Gasteiger partial charge in [0.15, 0.2) is 5.11 Å². The predicted molar refractivity (Wildman–Crippen MR) is 96.2 cm³/mol. The lowest BCUT2D eigenvalue weighted by molar-refractivity contribution is 0.734. The van der Waals surface area contributed by atoms with Crippen molar-refractivity contribution >= 4 is 28.7 Å². The summed E-state index contributed by atoms with van der Waals surface area (Å²) < 4.78 is 0. The van der Waals surface area contributed by atoms with Crippen LogP contribution in [0.5, 0.6) is 0 Å². The lowest BCUT2D eigenvalue weighted by Crippen LogP contribution is -2.19. The van der Waals surface area contributed by atoms with Crippen molar-refractivity contribution in [3.8, 4) is 0 Å². The van der Waals surface area contributed by atoms with Gasteiger partial charge in [0.25, 0.3) is 0 Å². The Bertz CT molecular complexity index is 605. The second kappa shape index (κ2) is 7.23. The molecule has 0 fully saturated rings. The van der Waals surface area contributed by atoms with Crippen molar-refractivity contribution in [3.05, 3.63) is 59.7 Å². The number of anilines is 2. The molecule has 0 heterocycles. The first-order valence-corrected chi connectivity index (χ1v) is 7.74. The van der Waals surface area contributed by atoms with E-state index in [1.54, 1.807) is 0 Å². The van der Waals surface area contributed by atoms with Crippen LogP contribution in [0.1, 0.15) is 37.3 Å². The average Bonchev–Trinajstić information content (AvgIpc) is 2.49. The summed E-state index contributed by atoms with van der Waals surface area (Å²) in [4.78, 5) is 0. The van der Waals surface area contributed by atoms with Crippen LogP contribution in [0.2, 0.25) is 0 Å². The Hall–Kier alpha value is -1.87. The first-order chi connectivity index (χ1) is 10.1. The summed E-state index contributed by atoms with van der Waals surface area (Å²) >= 11 is 5.36. The molecule has 21 heavy (non-hydrogen) atoms. The zero-order valence-corrected chi connectivity index (χ0v) is 13.6. The van der Waals surface area contributed by atoms with Crippen LogP contribution in [0.3, 0.4) is 0 Å². The Morgan fingerprint density at radius 3 is 2.33 bits per heavy atom. The minimum absolute atomic E-state index is 0.594. The number of hydrogen-bond donors (Lipinski definition) is 2. The van der Waals surface area contributed by atoms with Crippen LogP contribution in [0.25, 0.3) is 0 Å². The number of aryl methyl sites for hydroxylation is 1. The van der Waals surface area contributed by atoms with Crippen molar-refractivity contribution in [2.24, 2.45) is 0 Å². The first kappa shape index (κ1) is 15.5. The third kappa shape index (κ3) is 4.30. The summed E-state index contributed by atoms with van der Waals surface area (Å²) in [7, 11) is 0. The van der Waals surface area contributed by atoms with E-state index in [4.69, 9.17) is 12.2 Å². The smallest absolute Gasteiger partial charge is 0.175 e. The van der Waals surface area contributed by atoms with E-state index in [1.807, 2.05) is 18.2 Å². The van der Waals surface area contributed by atoms with Crippen LogP contribution in [0, 0.1) is 6.92 Å². The summed E-state index contributed by atoms with van der Waals surface area (Å²) in [6, 6.07) is 16.6. The minimum atomic E-state index is 0.594. The largest absolute Gasteiger partial charge is 0.332 e. The van der Waals surface area contributed by atoms with Gasteiger partial charge in [-0.15, -0.1) is 0 Å². The maximum atomic E-state index is 5.36. The van der Waals surface area contributed by atoms with Crippen LogP contribution in [0.15, 0.2) is 48.5 Å². The molecule has 1 atom stereocenters. The number of nitrogens with one attached hydrogen (secondary N) is 2. The Morgan fingerprint density at radius 1 is 1.05 bits per heavy atom. The highest BCUT2D eigenvalue weighted by molar-refractivity contribution is 7.80.